The van der Waals surface area contributed by atoms with Gasteiger partial charge in [-0.1, -0.05) is 56.0 Å². The molecule has 0 saturated heterocycles. The number of nitrogens with zero attached hydrogens (tertiary/aromatic N) is 2. The molecule has 0 radical (unpaired) electrons. The zero-order valence-corrected chi connectivity index (χ0v) is 12.3. The lowest BCUT2D eigenvalue weighted by atomic mass is 10.1. The van der Waals surface area contributed by atoms with Gasteiger partial charge in [-0.2, -0.15) is 0 Å². The van der Waals surface area contributed by atoms with Crippen LogP contribution in [0.15, 0.2) is 36.4 Å². The van der Waals surface area contributed by atoms with E-state index in [1.165, 1.54) is 38.5 Å². The van der Waals surface area contributed by atoms with Crippen LogP contribution in [0, 0.1) is 0 Å². The Hall–Kier alpha value is -2.10. The number of anilines is 2. The Labute approximate surface area is 125 Å². The Morgan fingerprint density at radius 2 is 1.67 bits per heavy atom. The van der Waals surface area contributed by atoms with E-state index in [-0.39, 0.29) is 0 Å². The molecule has 1 heterocycles. The summed E-state index contributed by atoms with van der Waals surface area (Å²) in [7, 11) is 0. The zero-order chi connectivity index (χ0) is 14.5. The summed E-state index contributed by atoms with van der Waals surface area (Å²) in [6.45, 7) is 0. The van der Waals surface area contributed by atoms with Gasteiger partial charge in [0.15, 0.2) is 5.82 Å². The molecule has 0 aliphatic heterocycles. The van der Waals surface area contributed by atoms with Gasteiger partial charge in [-0.25, -0.2) is 9.97 Å². The van der Waals surface area contributed by atoms with Gasteiger partial charge >= 0.3 is 0 Å². The third-order valence-corrected chi connectivity index (χ3v) is 3.99. The monoisotopic (exact) mass is 282 g/mol. The summed E-state index contributed by atoms with van der Waals surface area (Å²) in [4.78, 5) is 8.97. The second-order valence-electron chi connectivity index (χ2n) is 5.70. The fourth-order valence-corrected chi connectivity index (χ4v) is 2.89. The summed E-state index contributed by atoms with van der Waals surface area (Å²) in [6, 6.07) is 12.3. The first-order valence-electron chi connectivity index (χ1n) is 7.78. The van der Waals surface area contributed by atoms with Gasteiger partial charge in [0, 0.05) is 17.7 Å². The van der Waals surface area contributed by atoms with Crippen LogP contribution in [0.25, 0.3) is 11.4 Å². The van der Waals surface area contributed by atoms with Gasteiger partial charge in [0.05, 0.1) is 0 Å². The van der Waals surface area contributed by atoms with E-state index in [0.29, 0.717) is 17.7 Å². The maximum absolute atomic E-state index is 5.94. The maximum atomic E-state index is 5.94. The summed E-state index contributed by atoms with van der Waals surface area (Å²) < 4.78 is 0. The molecule has 21 heavy (non-hydrogen) atoms. The third kappa shape index (κ3) is 3.72. The summed E-state index contributed by atoms with van der Waals surface area (Å²) in [6.07, 6.45) is 7.71. The molecule has 1 aliphatic carbocycles. The molecule has 1 aromatic heterocycles. The van der Waals surface area contributed by atoms with Gasteiger partial charge in [0.2, 0.25) is 0 Å². The second-order valence-corrected chi connectivity index (χ2v) is 5.70. The van der Waals surface area contributed by atoms with Crippen LogP contribution in [0.1, 0.15) is 38.5 Å². The predicted octanol–water partition coefficient (Wildman–Crippen LogP) is 3.86. The molecule has 1 saturated carbocycles. The Kier molecular flexibility index (Phi) is 4.34. The average Bonchev–Trinajstić information content (AvgIpc) is 2.76. The number of hydrogen-bond acceptors (Lipinski definition) is 4. The Bertz CT molecular complexity index is 575. The van der Waals surface area contributed by atoms with E-state index in [2.05, 4.69) is 15.3 Å². The van der Waals surface area contributed by atoms with Crippen LogP contribution in [0.3, 0.4) is 0 Å². The van der Waals surface area contributed by atoms with Crippen molar-refractivity contribution in [1.29, 1.82) is 0 Å². The van der Waals surface area contributed by atoms with Crippen LogP contribution in [-0.2, 0) is 0 Å². The predicted molar refractivity (Wildman–Crippen MR) is 87.0 cm³/mol. The minimum atomic E-state index is 0.505. The van der Waals surface area contributed by atoms with Crippen molar-refractivity contribution in [3.63, 3.8) is 0 Å². The lowest BCUT2D eigenvalue weighted by Gasteiger charge is -2.17. The summed E-state index contributed by atoms with van der Waals surface area (Å²) in [5, 5.41) is 3.54. The molecule has 4 heteroatoms. The van der Waals surface area contributed by atoms with Crippen molar-refractivity contribution in [3.05, 3.63) is 36.4 Å². The van der Waals surface area contributed by atoms with Crippen molar-refractivity contribution in [2.75, 3.05) is 11.1 Å². The highest BCUT2D eigenvalue weighted by Gasteiger charge is 2.13. The van der Waals surface area contributed by atoms with E-state index >= 15 is 0 Å². The number of aromatic nitrogens is 2. The molecule has 1 aliphatic rings. The summed E-state index contributed by atoms with van der Waals surface area (Å²) in [5.74, 6) is 2.04. The van der Waals surface area contributed by atoms with Crippen LogP contribution < -0.4 is 11.1 Å². The maximum Gasteiger partial charge on any atom is 0.163 e. The van der Waals surface area contributed by atoms with Crippen LogP contribution in [0.4, 0.5) is 11.6 Å². The number of benzene rings is 1. The van der Waals surface area contributed by atoms with Gasteiger partial charge in [-0.05, 0) is 12.8 Å². The van der Waals surface area contributed by atoms with Crippen molar-refractivity contribution in [2.24, 2.45) is 0 Å². The van der Waals surface area contributed by atoms with Gasteiger partial charge in [0.25, 0.3) is 0 Å². The molecule has 3 N–H and O–H groups in total. The summed E-state index contributed by atoms with van der Waals surface area (Å²) >= 11 is 0. The third-order valence-electron chi connectivity index (χ3n) is 3.99. The first-order chi connectivity index (χ1) is 10.3. The van der Waals surface area contributed by atoms with Crippen molar-refractivity contribution in [1.82, 2.24) is 9.97 Å². The number of rotatable bonds is 3. The number of hydrogen-bond donors (Lipinski definition) is 2. The second kappa shape index (κ2) is 6.57. The topological polar surface area (TPSA) is 63.8 Å². The normalized spacial score (nSPS) is 16.4. The Morgan fingerprint density at radius 3 is 2.38 bits per heavy atom. The Morgan fingerprint density at radius 1 is 0.952 bits per heavy atom. The quantitative estimate of drug-likeness (QED) is 0.839. The molecule has 1 aromatic carbocycles. The standard InChI is InChI=1S/C17H22N4/c18-15-12-16(19-14-10-6-1-2-7-11-14)21-17(20-15)13-8-4-3-5-9-13/h3-5,8-9,12,14H,1-2,6-7,10-11H2,(H3,18,19,20,21). The molecule has 0 atom stereocenters. The first-order valence-corrected chi connectivity index (χ1v) is 7.78. The molecule has 3 rings (SSSR count). The minimum absolute atomic E-state index is 0.505. The largest absolute Gasteiger partial charge is 0.384 e. The van der Waals surface area contributed by atoms with E-state index < -0.39 is 0 Å². The highest BCUT2D eigenvalue weighted by atomic mass is 15.1. The number of nitrogen functional groups attached to an aromatic ring is 1. The molecule has 4 nitrogen and oxygen atoms in total. The first kappa shape index (κ1) is 13.9. The lowest BCUT2D eigenvalue weighted by Crippen LogP contribution is -2.19. The van der Waals surface area contributed by atoms with Crippen molar-refractivity contribution >= 4 is 11.6 Å². The van der Waals surface area contributed by atoms with E-state index in [1.807, 2.05) is 36.4 Å². The number of nitrogens with one attached hydrogen (secondary N) is 1. The molecule has 0 amide bonds. The van der Waals surface area contributed by atoms with Crippen molar-refractivity contribution in [3.8, 4) is 11.4 Å². The smallest absolute Gasteiger partial charge is 0.163 e. The molecule has 0 unspecified atom stereocenters. The average molecular weight is 282 g/mol. The van der Waals surface area contributed by atoms with Crippen molar-refractivity contribution < 1.29 is 0 Å². The van der Waals surface area contributed by atoms with Crippen LogP contribution in [0.2, 0.25) is 0 Å². The van der Waals surface area contributed by atoms with Gasteiger partial charge in [-0.15, -0.1) is 0 Å². The van der Waals surface area contributed by atoms with Crippen LogP contribution in [-0.4, -0.2) is 16.0 Å². The highest BCUT2D eigenvalue weighted by molar-refractivity contribution is 5.60. The summed E-state index contributed by atoms with van der Waals surface area (Å²) in [5.41, 5.74) is 6.94. The molecule has 1 fully saturated rings. The molecule has 2 aromatic rings. The molecular formula is C17H22N4. The SMILES string of the molecule is Nc1cc(NC2CCCCCC2)nc(-c2ccccc2)n1. The van der Waals surface area contributed by atoms with E-state index in [4.69, 9.17) is 5.73 Å². The van der Waals surface area contributed by atoms with Gasteiger partial charge in [0.1, 0.15) is 11.6 Å². The number of nitrogens with two attached hydrogens (primary N) is 1. The van der Waals surface area contributed by atoms with Crippen LogP contribution >= 0.6 is 0 Å². The molecular weight excluding hydrogens is 260 g/mol. The highest BCUT2D eigenvalue weighted by Crippen LogP contribution is 2.23. The Balaban J connectivity index is 1.81. The molecule has 110 valence electrons. The van der Waals surface area contributed by atoms with Gasteiger partial charge in [-0.3, -0.25) is 0 Å². The lowest BCUT2D eigenvalue weighted by molar-refractivity contribution is 0.617. The molecule has 0 spiro atoms. The van der Waals surface area contributed by atoms with Crippen LogP contribution in [0.5, 0.6) is 0 Å². The fraction of sp³-hybridized carbons (Fsp3) is 0.412. The fourth-order valence-electron chi connectivity index (χ4n) is 2.89. The van der Waals surface area contributed by atoms with Gasteiger partial charge < -0.3 is 11.1 Å². The molecule has 0 bridgehead atoms. The van der Waals surface area contributed by atoms with E-state index in [1.54, 1.807) is 0 Å². The van der Waals surface area contributed by atoms with E-state index in [9.17, 15) is 0 Å². The van der Waals surface area contributed by atoms with Crippen molar-refractivity contribution in [2.45, 2.75) is 44.6 Å². The van der Waals surface area contributed by atoms with E-state index in [0.717, 1.165) is 11.4 Å². The minimum Gasteiger partial charge on any atom is -0.384 e. The zero-order valence-electron chi connectivity index (χ0n) is 12.3.